The van der Waals surface area contributed by atoms with E-state index in [0.717, 1.165) is 11.1 Å². The van der Waals surface area contributed by atoms with Gasteiger partial charge in [0.25, 0.3) is 0 Å². The van der Waals surface area contributed by atoms with Crippen LogP contribution in [0.3, 0.4) is 0 Å². The summed E-state index contributed by atoms with van der Waals surface area (Å²) < 4.78 is 4.83. The summed E-state index contributed by atoms with van der Waals surface area (Å²) in [7, 11) is 1.33. The largest absolute Gasteiger partial charge is 0.467 e. The Kier molecular flexibility index (Phi) is 4.39. The second-order valence-electron chi connectivity index (χ2n) is 5.35. The number of anilines is 1. The second-order valence-corrected chi connectivity index (χ2v) is 5.35. The van der Waals surface area contributed by atoms with Gasteiger partial charge in [0, 0.05) is 12.2 Å². The van der Waals surface area contributed by atoms with Crippen LogP contribution >= 0.6 is 0 Å². The summed E-state index contributed by atoms with van der Waals surface area (Å²) in [5, 5.41) is 2.95. The molecule has 1 unspecified atom stereocenters. The van der Waals surface area contributed by atoms with Gasteiger partial charge in [-0.2, -0.15) is 0 Å². The number of methoxy groups -OCH3 is 1. The highest BCUT2D eigenvalue weighted by atomic mass is 16.5. The molecule has 1 heterocycles. The summed E-state index contributed by atoms with van der Waals surface area (Å²) in [6.07, 6.45) is 0. The van der Waals surface area contributed by atoms with Crippen molar-refractivity contribution >= 4 is 17.6 Å². The molecule has 1 amide bonds. The number of nitrogens with one attached hydrogen (secondary N) is 1. The molecule has 1 fully saturated rings. The Morgan fingerprint density at radius 1 is 1.13 bits per heavy atom. The number of esters is 1. The van der Waals surface area contributed by atoms with Crippen LogP contribution in [0.4, 0.5) is 5.69 Å². The minimum atomic E-state index is -0.646. The summed E-state index contributed by atoms with van der Waals surface area (Å²) in [5.41, 5.74) is 2.76. The average molecular weight is 310 g/mol. The summed E-state index contributed by atoms with van der Waals surface area (Å²) in [6, 6.07) is 16.9. The number of carbonyl (C=O) groups excluding carboxylic acids is 2. The van der Waals surface area contributed by atoms with Crippen molar-refractivity contribution in [1.82, 2.24) is 5.32 Å². The Bertz CT molecular complexity index is 715. The van der Waals surface area contributed by atoms with Crippen LogP contribution in [0.25, 0.3) is 11.1 Å². The molecule has 1 aliphatic rings. The van der Waals surface area contributed by atoms with Crippen molar-refractivity contribution < 1.29 is 14.3 Å². The first-order chi connectivity index (χ1) is 11.2. The van der Waals surface area contributed by atoms with Crippen molar-refractivity contribution in [2.24, 2.45) is 0 Å². The molecule has 1 aliphatic heterocycles. The highest BCUT2D eigenvalue weighted by Crippen LogP contribution is 2.26. The molecule has 0 radical (unpaired) electrons. The molecule has 2 aromatic carbocycles. The van der Waals surface area contributed by atoms with Crippen molar-refractivity contribution in [3.8, 4) is 11.1 Å². The van der Waals surface area contributed by atoms with Crippen LogP contribution in [0.1, 0.15) is 0 Å². The van der Waals surface area contributed by atoms with Gasteiger partial charge in [0.1, 0.15) is 6.04 Å². The van der Waals surface area contributed by atoms with E-state index in [-0.39, 0.29) is 12.5 Å². The van der Waals surface area contributed by atoms with Crippen molar-refractivity contribution in [2.75, 3.05) is 25.1 Å². The van der Waals surface area contributed by atoms with Crippen LogP contribution in [-0.2, 0) is 14.3 Å². The van der Waals surface area contributed by atoms with E-state index in [1.165, 1.54) is 12.0 Å². The number of benzene rings is 2. The van der Waals surface area contributed by atoms with E-state index in [1.807, 2.05) is 54.6 Å². The molecule has 0 bridgehead atoms. The third kappa shape index (κ3) is 3.10. The van der Waals surface area contributed by atoms with Gasteiger partial charge in [-0.05, 0) is 23.3 Å². The molecule has 1 atom stereocenters. The van der Waals surface area contributed by atoms with Crippen molar-refractivity contribution in [3.05, 3.63) is 54.6 Å². The number of piperazine rings is 1. The molecule has 5 nitrogen and oxygen atoms in total. The van der Waals surface area contributed by atoms with Gasteiger partial charge in [-0.3, -0.25) is 9.69 Å². The second kappa shape index (κ2) is 6.62. The first-order valence-electron chi connectivity index (χ1n) is 7.47. The summed E-state index contributed by atoms with van der Waals surface area (Å²) in [6.45, 7) is 0.594. The van der Waals surface area contributed by atoms with E-state index in [9.17, 15) is 9.59 Å². The molecule has 0 aliphatic carbocycles. The fraction of sp³-hybridized carbons (Fsp3) is 0.222. The molecule has 5 heteroatoms. The summed E-state index contributed by atoms with van der Waals surface area (Å²) in [4.78, 5) is 25.8. The molecule has 118 valence electrons. The Labute approximate surface area is 134 Å². The number of rotatable bonds is 3. The smallest absolute Gasteiger partial charge is 0.330 e. The molecule has 1 saturated heterocycles. The Balaban J connectivity index is 1.99. The van der Waals surface area contributed by atoms with E-state index in [4.69, 9.17) is 4.74 Å². The van der Waals surface area contributed by atoms with E-state index in [2.05, 4.69) is 5.32 Å². The SMILES string of the molecule is COC(=O)C1CNCC(=O)N1c1cccc(-c2ccccc2)c1. The Morgan fingerprint density at radius 2 is 1.87 bits per heavy atom. The zero-order valence-corrected chi connectivity index (χ0v) is 12.9. The van der Waals surface area contributed by atoms with Crippen LogP contribution in [0, 0.1) is 0 Å². The van der Waals surface area contributed by atoms with Gasteiger partial charge in [-0.25, -0.2) is 4.79 Å². The Hall–Kier alpha value is -2.66. The lowest BCUT2D eigenvalue weighted by Gasteiger charge is -2.34. The minimum Gasteiger partial charge on any atom is -0.467 e. The number of hydrogen-bond donors (Lipinski definition) is 1. The van der Waals surface area contributed by atoms with E-state index in [1.54, 1.807) is 0 Å². The number of hydrogen-bond acceptors (Lipinski definition) is 4. The molecule has 23 heavy (non-hydrogen) atoms. The summed E-state index contributed by atoms with van der Waals surface area (Å²) >= 11 is 0. The van der Waals surface area contributed by atoms with Crippen molar-refractivity contribution in [3.63, 3.8) is 0 Å². The zero-order chi connectivity index (χ0) is 16.2. The standard InChI is InChI=1S/C18H18N2O3/c1-23-18(22)16-11-19-12-17(21)20(16)15-9-5-8-14(10-15)13-6-3-2-4-7-13/h2-10,16,19H,11-12H2,1H3. The Morgan fingerprint density at radius 3 is 2.61 bits per heavy atom. The van der Waals surface area contributed by atoms with Gasteiger partial charge in [0.2, 0.25) is 5.91 Å². The maximum absolute atomic E-state index is 12.3. The zero-order valence-electron chi connectivity index (χ0n) is 12.9. The van der Waals surface area contributed by atoms with Crippen molar-refractivity contribution in [2.45, 2.75) is 6.04 Å². The highest BCUT2D eigenvalue weighted by Gasteiger charge is 2.35. The number of nitrogens with zero attached hydrogens (tertiary/aromatic N) is 1. The lowest BCUT2D eigenvalue weighted by atomic mass is 10.0. The normalized spacial score (nSPS) is 17.9. The minimum absolute atomic E-state index is 0.142. The molecule has 0 aromatic heterocycles. The van der Waals surface area contributed by atoms with Crippen LogP contribution in [0.2, 0.25) is 0 Å². The quantitative estimate of drug-likeness (QED) is 0.879. The van der Waals surface area contributed by atoms with Gasteiger partial charge in [-0.15, -0.1) is 0 Å². The molecule has 0 saturated carbocycles. The fourth-order valence-electron chi connectivity index (χ4n) is 2.78. The van der Waals surface area contributed by atoms with Gasteiger partial charge in [0.05, 0.1) is 13.7 Å². The lowest BCUT2D eigenvalue weighted by Crippen LogP contribution is -2.58. The molecule has 3 rings (SSSR count). The van der Waals surface area contributed by atoms with Gasteiger partial charge < -0.3 is 10.1 Å². The number of amides is 1. The van der Waals surface area contributed by atoms with E-state index >= 15 is 0 Å². The van der Waals surface area contributed by atoms with Crippen LogP contribution < -0.4 is 10.2 Å². The van der Waals surface area contributed by atoms with Gasteiger partial charge >= 0.3 is 5.97 Å². The maximum Gasteiger partial charge on any atom is 0.330 e. The average Bonchev–Trinajstić information content (AvgIpc) is 2.61. The van der Waals surface area contributed by atoms with E-state index < -0.39 is 12.0 Å². The van der Waals surface area contributed by atoms with Gasteiger partial charge in [-0.1, -0.05) is 42.5 Å². The van der Waals surface area contributed by atoms with Crippen LogP contribution in [0.15, 0.2) is 54.6 Å². The topological polar surface area (TPSA) is 58.6 Å². The first-order valence-corrected chi connectivity index (χ1v) is 7.47. The third-order valence-electron chi connectivity index (χ3n) is 3.90. The highest BCUT2D eigenvalue weighted by molar-refractivity contribution is 6.02. The predicted octanol–water partition coefficient (Wildman–Crippen LogP) is 1.83. The molecular formula is C18H18N2O3. The predicted molar refractivity (Wildman–Crippen MR) is 88.0 cm³/mol. The fourth-order valence-corrected chi connectivity index (χ4v) is 2.78. The number of ether oxygens (including phenoxy) is 1. The van der Waals surface area contributed by atoms with Crippen molar-refractivity contribution in [1.29, 1.82) is 0 Å². The lowest BCUT2D eigenvalue weighted by molar-refractivity contribution is -0.144. The molecule has 2 aromatic rings. The number of carbonyl (C=O) groups is 2. The van der Waals surface area contributed by atoms with E-state index in [0.29, 0.717) is 12.2 Å². The molecule has 0 spiro atoms. The monoisotopic (exact) mass is 310 g/mol. The van der Waals surface area contributed by atoms with Gasteiger partial charge in [0.15, 0.2) is 0 Å². The summed E-state index contributed by atoms with van der Waals surface area (Å²) in [5.74, 6) is -0.562. The first kappa shape index (κ1) is 15.2. The molecule has 1 N–H and O–H groups in total. The van der Waals surface area contributed by atoms with Crippen LogP contribution in [-0.4, -0.2) is 38.1 Å². The third-order valence-corrected chi connectivity index (χ3v) is 3.90. The maximum atomic E-state index is 12.3. The van der Waals surface area contributed by atoms with Crippen LogP contribution in [0.5, 0.6) is 0 Å². The molecular weight excluding hydrogens is 292 g/mol.